The smallest absolute Gasteiger partial charge is 0.302 e. The molecule has 0 unspecified atom stereocenters. The minimum Gasteiger partial charge on any atom is -0.465 e. The maximum atomic E-state index is 11.7. The molecule has 0 radical (unpaired) electrons. The Morgan fingerprint density at radius 2 is 1.42 bits per heavy atom. The number of aliphatic hydroxyl groups excluding tert-OH is 1. The molecule has 2 aromatic carbocycles. The highest BCUT2D eigenvalue weighted by Crippen LogP contribution is 2.54. The van der Waals surface area contributed by atoms with Crippen molar-refractivity contribution >= 4 is 11.9 Å². The fourth-order valence-electron chi connectivity index (χ4n) is 4.88. The lowest BCUT2D eigenvalue weighted by Crippen LogP contribution is -2.37. The molecule has 3 aliphatic rings. The molecule has 0 fully saturated rings. The second-order valence-electron chi connectivity index (χ2n) is 8.29. The molecule has 2 heterocycles. The molecule has 33 heavy (non-hydrogen) atoms. The van der Waals surface area contributed by atoms with Crippen LogP contribution in [0.3, 0.4) is 0 Å². The van der Waals surface area contributed by atoms with E-state index in [4.69, 9.17) is 28.4 Å². The van der Waals surface area contributed by atoms with Gasteiger partial charge in [-0.05, 0) is 41.0 Å². The maximum absolute atomic E-state index is 11.7. The average molecular weight is 456 g/mol. The molecule has 5 rings (SSSR count). The highest BCUT2D eigenvalue weighted by Gasteiger charge is 2.45. The van der Waals surface area contributed by atoms with Crippen molar-refractivity contribution < 1.29 is 43.1 Å². The Morgan fingerprint density at radius 1 is 0.848 bits per heavy atom. The number of ether oxygens (including phenoxy) is 6. The van der Waals surface area contributed by atoms with E-state index < -0.39 is 24.0 Å². The number of benzene rings is 2. The van der Waals surface area contributed by atoms with Crippen molar-refractivity contribution in [2.45, 2.75) is 31.8 Å². The van der Waals surface area contributed by atoms with Crippen LogP contribution in [0.25, 0.3) is 0 Å². The predicted molar refractivity (Wildman–Crippen MR) is 112 cm³/mol. The summed E-state index contributed by atoms with van der Waals surface area (Å²) < 4.78 is 32.9. The Morgan fingerprint density at radius 3 is 2.09 bits per heavy atom. The predicted octanol–water partition coefficient (Wildman–Crippen LogP) is 2.80. The Balaban J connectivity index is 1.64. The van der Waals surface area contributed by atoms with Gasteiger partial charge in [0.1, 0.15) is 0 Å². The zero-order chi connectivity index (χ0) is 23.1. The Bertz CT molecular complexity index is 1100. The zero-order valence-electron chi connectivity index (χ0n) is 18.2. The van der Waals surface area contributed by atoms with Crippen molar-refractivity contribution in [1.82, 2.24) is 0 Å². The summed E-state index contributed by atoms with van der Waals surface area (Å²) in [5.41, 5.74) is 2.26. The molecular weight excluding hydrogens is 432 g/mol. The van der Waals surface area contributed by atoms with Crippen LogP contribution in [0.4, 0.5) is 0 Å². The Labute approximate surface area is 190 Å². The third kappa shape index (κ3) is 3.93. The first-order valence-electron chi connectivity index (χ1n) is 10.7. The summed E-state index contributed by atoms with van der Waals surface area (Å²) in [6.07, 6.45) is -0.960. The van der Waals surface area contributed by atoms with Gasteiger partial charge in [0.25, 0.3) is 0 Å². The molecular formula is C24H24O9. The van der Waals surface area contributed by atoms with E-state index in [1.165, 1.54) is 13.8 Å². The number of hydrogen-bond acceptors (Lipinski definition) is 9. The molecule has 9 nitrogen and oxygen atoms in total. The summed E-state index contributed by atoms with van der Waals surface area (Å²) in [6.45, 7) is 2.96. The molecule has 2 aromatic rings. The maximum Gasteiger partial charge on any atom is 0.302 e. The summed E-state index contributed by atoms with van der Waals surface area (Å²) in [5, 5.41) is 11.4. The molecule has 0 spiro atoms. The lowest BCUT2D eigenvalue weighted by Gasteiger charge is -2.42. The first-order valence-corrected chi connectivity index (χ1v) is 10.7. The van der Waals surface area contributed by atoms with E-state index in [2.05, 4.69) is 0 Å². The van der Waals surface area contributed by atoms with Gasteiger partial charge in [0, 0.05) is 31.6 Å². The molecule has 0 bridgehead atoms. The van der Waals surface area contributed by atoms with Crippen LogP contribution in [-0.4, -0.2) is 43.8 Å². The van der Waals surface area contributed by atoms with Crippen molar-refractivity contribution in [2.75, 3.05) is 26.8 Å². The topological polar surface area (TPSA) is 110 Å². The van der Waals surface area contributed by atoms with Gasteiger partial charge in [-0.3, -0.25) is 9.59 Å². The first kappa shape index (κ1) is 21.4. The first-order chi connectivity index (χ1) is 15.9. The van der Waals surface area contributed by atoms with Gasteiger partial charge in [-0.2, -0.15) is 0 Å². The largest absolute Gasteiger partial charge is 0.465 e. The van der Waals surface area contributed by atoms with Gasteiger partial charge < -0.3 is 33.5 Å². The van der Waals surface area contributed by atoms with E-state index in [1.54, 1.807) is 6.07 Å². The van der Waals surface area contributed by atoms with Crippen LogP contribution in [0, 0.1) is 5.92 Å². The van der Waals surface area contributed by atoms with Gasteiger partial charge in [-0.25, -0.2) is 0 Å². The van der Waals surface area contributed by atoms with Crippen molar-refractivity contribution in [3.05, 3.63) is 47.0 Å². The normalized spacial score (nSPS) is 24.2. The summed E-state index contributed by atoms with van der Waals surface area (Å²) >= 11 is 0. The molecule has 1 N–H and O–H groups in total. The molecule has 2 aliphatic heterocycles. The van der Waals surface area contributed by atoms with E-state index in [9.17, 15) is 14.7 Å². The van der Waals surface area contributed by atoms with Crippen molar-refractivity contribution in [3.8, 4) is 23.0 Å². The van der Waals surface area contributed by atoms with Crippen LogP contribution in [0.2, 0.25) is 0 Å². The van der Waals surface area contributed by atoms with Crippen molar-refractivity contribution in [3.63, 3.8) is 0 Å². The van der Waals surface area contributed by atoms with Crippen molar-refractivity contribution in [1.29, 1.82) is 0 Å². The van der Waals surface area contributed by atoms with Gasteiger partial charge in [-0.15, -0.1) is 0 Å². The Kier molecular flexibility index (Phi) is 5.49. The monoisotopic (exact) mass is 456 g/mol. The van der Waals surface area contributed by atoms with Gasteiger partial charge in [0.15, 0.2) is 23.0 Å². The third-order valence-electron chi connectivity index (χ3n) is 6.32. The molecule has 0 aromatic heterocycles. The van der Waals surface area contributed by atoms with Gasteiger partial charge in [0.05, 0.1) is 19.3 Å². The third-order valence-corrected chi connectivity index (χ3v) is 6.32. The van der Waals surface area contributed by atoms with Crippen LogP contribution in [-0.2, 0) is 19.1 Å². The van der Waals surface area contributed by atoms with Gasteiger partial charge >= 0.3 is 11.9 Å². The number of rotatable bonds is 5. The lowest BCUT2D eigenvalue weighted by molar-refractivity contribution is -0.144. The molecule has 4 atom stereocenters. The highest BCUT2D eigenvalue weighted by atomic mass is 16.7. The molecule has 1 aliphatic carbocycles. The van der Waals surface area contributed by atoms with Crippen LogP contribution < -0.4 is 18.9 Å². The fourth-order valence-corrected chi connectivity index (χ4v) is 4.88. The number of hydrogen-bond donors (Lipinski definition) is 1. The van der Waals surface area contributed by atoms with E-state index >= 15 is 0 Å². The second-order valence-corrected chi connectivity index (χ2v) is 8.29. The number of aliphatic hydroxyl groups is 1. The fraction of sp³-hybridized carbons (Fsp3) is 0.417. The Hall–Kier alpha value is -3.46. The van der Waals surface area contributed by atoms with Crippen LogP contribution >= 0.6 is 0 Å². The summed E-state index contributed by atoms with van der Waals surface area (Å²) in [6, 6.07) is 9.14. The molecule has 0 saturated heterocycles. The van der Waals surface area contributed by atoms with E-state index in [-0.39, 0.29) is 38.6 Å². The number of esters is 2. The summed E-state index contributed by atoms with van der Waals surface area (Å²) in [4.78, 5) is 23.4. The number of carbonyl (C=O) groups excluding carboxylic acids is 2. The van der Waals surface area contributed by atoms with Crippen molar-refractivity contribution in [2.24, 2.45) is 5.92 Å². The van der Waals surface area contributed by atoms with E-state index in [1.807, 2.05) is 24.3 Å². The van der Waals surface area contributed by atoms with Crippen LogP contribution in [0.1, 0.15) is 48.5 Å². The average Bonchev–Trinajstić information content (AvgIpc) is 3.44. The van der Waals surface area contributed by atoms with Gasteiger partial charge in [-0.1, -0.05) is 6.07 Å². The highest BCUT2D eigenvalue weighted by molar-refractivity contribution is 5.66. The number of carbonyl (C=O) groups is 2. The van der Waals surface area contributed by atoms with Crippen LogP contribution in [0.5, 0.6) is 23.0 Å². The standard InChI is InChI=1S/C24H24O9/c1-12(25)28-8-17-15-6-21-22(33-11-32-21)7-16(15)24(27)18(9-29-13(2)26)23(17)14-3-4-19-20(5-14)31-10-30-19/h3-7,17-18,23-24,27H,8-11H2,1-2H3/t17-,18-,23+,24+/m0/s1. The quantitative estimate of drug-likeness (QED) is 0.679. The lowest BCUT2D eigenvalue weighted by atomic mass is 9.65. The number of fused-ring (bicyclic) bond motifs is 3. The summed E-state index contributed by atoms with van der Waals surface area (Å²) in [5.74, 6) is 0.252. The van der Waals surface area contributed by atoms with Crippen LogP contribution in [0.15, 0.2) is 30.3 Å². The minimum atomic E-state index is -0.960. The van der Waals surface area contributed by atoms with Gasteiger partial charge in [0.2, 0.25) is 13.6 Å². The molecule has 0 amide bonds. The SMILES string of the molecule is CC(=O)OC[C@H]1[C@H](c2ccc3c(c2)OCO3)[C@@H](COC(C)=O)c2cc3c(cc2[C@H]1O)OCO3. The molecule has 174 valence electrons. The van der Waals surface area contributed by atoms with E-state index in [0.29, 0.717) is 28.6 Å². The molecule has 0 saturated carbocycles. The summed E-state index contributed by atoms with van der Waals surface area (Å²) in [7, 11) is 0. The zero-order valence-corrected chi connectivity index (χ0v) is 18.2. The second kappa shape index (κ2) is 8.47. The minimum absolute atomic E-state index is 0.0138. The van der Waals surface area contributed by atoms with E-state index in [0.717, 1.165) is 11.1 Å². The molecule has 9 heteroatoms.